The molecule has 1 aliphatic heterocycles. The second-order valence-corrected chi connectivity index (χ2v) is 15.0. The van der Waals surface area contributed by atoms with Crippen molar-refractivity contribution in [2.75, 3.05) is 13.2 Å². The van der Waals surface area contributed by atoms with Gasteiger partial charge in [0.25, 0.3) is 0 Å². The van der Waals surface area contributed by atoms with Crippen molar-refractivity contribution in [2.45, 2.75) is 84.3 Å². The number of thiol groups is 1. The monoisotopic (exact) mass is 608 g/mol. The van der Waals surface area contributed by atoms with E-state index in [0.29, 0.717) is 38.9 Å². The van der Waals surface area contributed by atoms with Crippen molar-refractivity contribution in [2.24, 2.45) is 33.5 Å². The third kappa shape index (κ3) is 3.64. The van der Waals surface area contributed by atoms with E-state index >= 15 is 0 Å². The molecule has 0 bridgehead atoms. The summed E-state index contributed by atoms with van der Waals surface area (Å²) in [4.78, 5) is 26.8. The number of benzene rings is 1. The number of nitrogens with zero attached hydrogens (tertiary/aromatic N) is 2. The summed E-state index contributed by atoms with van der Waals surface area (Å²) in [6, 6.07) is 6.37. The molecular weight excluding hydrogens is 567 g/mol. The third-order valence-electron chi connectivity index (χ3n) is 13.2. The highest BCUT2D eigenvalue weighted by Crippen LogP contribution is 2.77. The van der Waals surface area contributed by atoms with Crippen LogP contribution in [0.3, 0.4) is 0 Å². The Morgan fingerprint density at radius 3 is 2.56 bits per heavy atom. The van der Waals surface area contributed by atoms with Gasteiger partial charge in [-0.05, 0) is 92.2 Å². The summed E-state index contributed by atoms with van der Waals surface area (Å²) in [5.41, 5.74) is 0.782. The molecule has 230 valence electrons. The van der Waals surface area contributed by atoms with Gasteiger partial charge in [-0.15, -0.1) is 12.6 Å². The van der Waals surface area contributed by atoms with E-state index in [1.807, 2.05) is 10.9 Å². The van der Waals surface area contributed by atoms with Crippen molar-refractivity contribution in [3.63, 3.8) is 0 Å². The van der Waals surface area contributed by atoms with Gasteiger partial charge in [-0.2, -0.15) is 5.10 Å². The van der Waals surface area contributed by atoms with Gasteiger partial charge in [0.05, 0.1) is 36.2 Å². The average molecular weight is 609 g/mol. The van der Waals surface area contributed by atoms with Crippen LogP contribution < -0.4 is 0 Å². The van der Waals surface area contributed by atoms with E-state index in [2.05, 4.69) is 46.4 Å². The van der Waals surface area contributed by atoms with E-state index in [4.69, 9.17) is 14.6 Å². The number of rotatable bonds is 4. The average Bonchev–Trinajstić information content (AvgIpc) is 3.68. The van der Waals surface area contributed by atoms with E-state index < -0.39 is 33.6 Å². The van der Waals surface area contributed by atoms with E-state index in [1.54, 1.807) is 12.1 Å². The van der Waals surface area contributed by atoms with Crippen molar-refractivity contribution in [1.29, 1.82) is 0 Å². The number of allylic oxidation sites excluding steroid dienone is 1. The Bertz CT molecular complexity index is 1530. The molecule has 6 unspecified atom stereocenters. The normalized spacial score (nSPS) is 41.5. The molecule has 1 aromatic carbocycles. The lowest BCUT2D eigenvalue weighted by Gasteiger charge is -2.69. The molecule has 1 N–H and O–H groups in total. The molecule has 8 atom stereocenters. The number of carbonyl (C=O) groups is 2. The number of carbonyl (C=O) groups excluding carboxylic acids is 2. The summed E-state index contributed by atoms with van der Waals surface area (Å²) in [7, 11) is 0. The van der Waals surface area contributed by atoms with E-state index in [0.717, 1.165) is 36.2 Å². The fourth-order valence-corrected chi connectivity index (χ4v) is 10.7. The summed E-state index contributed by atoms with van der Waals surface area (Å²) >= 11 is 4.37. The van der Waals surface area contributed by atoms with Crippen molar-refractivity contribution in [1.82, 2.24) is 9.78 Å². The second kappa shape index (κ2) is 9.51. The molecule has 5 aliphatic rings. The molecule has 4 fully saturated rings. The Balaban J connectivity index is 1.27. The van der Waals surface area contributed by atoms with Crippen LogP contribution in [0.25, 0.3) is 11.8 Å². The second-order valence-electron chi connectivity index (χ2n) is 14.6. The Labute approximate surface area is 257 Å². The van der Waals surface area contributed by atoms with Gasteiger partial charge in [-0.3, -0.25) is 9.59 Å². The van der Waals surface area contributed by atoms with Gasteiger partial charge in [0.2, 0.25) is 5.12 Å². The number of aliphatic hydroxyl groups excluding tert-OH is 1. The van der Waals surface area contributed by atoms with Gasteiger partial charge < -0.3 is 14.6 Å². The number of aromatic nitrogens is 2. The first-order valence-corrected chi connectivity index (χ1v) is 16.0. The van der Waals surface area contributed by atoms with Crippen molar-refractivity contribution in [3.8, 4) is 5.69 Å². The van der Waals surface area contributed by atoms with Crippen molar-refractivity contribution in [3.05, 3.63) is 53.1 Å². The maximum absolute atomic E-state index is 13.6. The minimum absolute atomic E-state index is 0.0765. The highest BCUT2D eigenvalue weighted by atomic mass is 32.1. The van der Waals surface area contributed by atoms with Crippen LogP contribution in [0.1, 0.15) is 77.5 Å². The summed E-state index contributed by atoms with van der Waals surface area (Å²) in [6.07, 6.45) is 7.85. The lowest BCUT2D eigenvalue weighted by Crippen LogP contribution is -2.70. The predicted octanol–water partition coefficient (Wildman–Crippen LogP) is 5.72. The zero-order chi connectivity index (χ0) is 30.6. The van der Waals surface area contributed by atoms with Gasteiger partial charge in [0, 0.05) is 22.9 Å². The molecule has 3 saturated carbocycles. The molecule has 2 heterocycles. The Morgan fingerprint density at radius 2 is 1.88 bits per heavy atom. The zero-order valence-electron chi connectivity index (χ0n) is 25.4. The van der Waals surface area contributed by atoms with Crippen LogP contribution in [-0.2, 0) is 25.5 Å². The maximum atomic E-state index is 13.6. The SMILES string of the molecule is CC12Cc3cnn(-c4ccc(F)cc4)c3C=C1CCC1[C@]2(C)C(O)CC2(C)C(OC(=O)C3CCOC3)(C(=O)S)CC[C@@]12C. The van der Waals surface area contributed by atoms with Crippen LogP contribution >= 0.6 is 12.6 Å². The Morgan fingerprint density at radius 1 is 1.14 bits per heavy atom. The van der Waals surface area contributed by atoms with Gasteiger partial charge >= 0.3 is 5.97 Å². The molecule has 0 radical (unpaired) electrons. The zero-order valence-corrected chi connectivity index (χ0v) is 26.3. The molecule has 0 spiro atoms. The molecule has 1 saturated heterocycles. The fraction of sp³-hybridized carbons (Fsp3) is 0.618. The number of halogens is 1. The van der Waals surface area contributed by atoms with Crippen LogP contribution in [0.5, 0.6) is 0 Å². The Kier molecular flexibility index (Phi) is 6.46. The summed E-state index contributed by atoms with van der Waals surface area (Å²) in [5.74, 6) is -0.987. The van der Waals surface area contributed by atoms with Gasteiger partial charge in [0.15, 0.2) is 5.60 Å². The third-order valence-corrected chi connectivity index (χ3v) is 13.6. The smallest absolute Gasteiger partial charge is 0.312 e. The van der Waals surface area contributed by atoms with Crippen LogP contribution in [0.4, 0.5) is 4.39 Å². The molecular formula is C34H41FN2O5S. The van der Waals surface area contributed by atoms with E-state index in [1.165, 1.54) is 17.7 Å². The van der Waals surface area contributed by atoms with Crippen LogP contribution in [-0.4, -0.2) is 50.9 Å². The van der Waals surface area contributed by atoms with Gasteiger partial charge in [-0.1, -0.05) is 33.3 Å². The number of hydrogen-bond acceptors (Lipinski definition) is 6. The minimum Gasteiger partial charge on any atom is -0.449 e. The molecule has 7 rings (SSSR count). The molecule has 0 amide bonds. The quantitative estimate of drug-likeness (QED) is 0.341. The molecule has 43 heavy (non-hydrogen) atoms. The van der Waals surface area contributed by atoms with Crippen molar-refractivity contribution >= 4 is 29.8 Å². The van der Waals surface area contributed by atoms with E-state index in [-0.39, 0.29) is 28.5 Å². The standard InChI is InChI=1S/C34H41FN2O5S/c1-30-12-13-34(29(40)43,42-28(39)20-11-14-41-19-20)32(30,3)17-27(38)33(4)26(30)10-5-22-15-25-21(16-31(22,33)2)18-36-37(25)24-8-6-23(35)7-9-24/h6-9,15,18,20,26-27,38H,5,10-14,16-17,19H2,1-4H3,(H,40,43)/t20?,26?,27?,30-,31?,32?,33+,34?/m0/s1. The highest BCUT2D eigenvalue weighted by molar-refractivity contribution is 7.96. The number of esters is 1. The van der Waals surface area contributed by atoms with Crippen LogP contribution in [0.15, 0.2) is 36.0 Å². The van der Waals surface area contributed by atoms with Crippen LogP contribution in [0, 0.1) is 39.3 Å². The molecule has 9 heteroatoms. The first-order chi connectivity index (χ1) is 20.3. The number of fused-ring (bicyclic) bond motifs is 6. The lowest BCUT2D eigenvalue weighted by molar-refractivity contribution is -0.246. The maximum Gasteiger partial charge on any atom is 0.312 e. The van der Waals surface area contributed by atoms with Crippen LogP contribution in [0.2, 0.25) is 0 Å². The summed E-state index contributed by atoms with van der Waals surface area (Å²) < 4.78 is 27.2. The highest BCUT2D eigenvalue weighted by Gasteiger charge is 2.78. The number of ether oxygens (including phenoxy) is 2. The largest absolute Gasteiger partial charge is 0.449 e. The van der Waals surface area contributed by atoms with Crippen molar-refractivity contribution < 1.29 is 28.6 Å². The number of hydrogen-bond donors (Lipinski definition) is 2. The predicted molar refractivity (Wildman–Crippen MR) is 162 cm³/mol. The lowest BCUT2D eigenvalue weighted by atomic mass is 9.35. The molecule has 7 nitrogen and oxygen atoms in total. The van der Waals surface area contributed by atoms with Gasteiger partial charge in [0.1, 0.15) is 5.82 Å². The first kappa shape index (κ1) is 29.2. The summed E-state index contributed by atoms with van der Waals surface area (Å²) in [6.45, 7) is 9.64. The summed E-state index contributed by atoms with van der Waals surface area (Å²) in [5, 5.41) is 16.6. The fourth-order valence-electron chi connectivity index (χ4n) is 10.3. The topological polar surface area (TPSA) is 90.7 Å². The van der Waals surface area contributed by atoms with E-state index in [9.17, 15) is 19.1 Å². The number of aliphatic hydroxyl groups is 1. The first-order valence-electron chi connectivity index (χ1n) is 15.6. The molecule has 1 aromatic heterocycles. The van der Waals surface area contributed by atoms with Gasteiger partial charge in [-0.25, -0.2) is 9.07 Å². The minimum atomic E-state index is -1.40. The molecule has 4 aliphatic carbocycles. The Hall–Kier alpha value is -2.49. The molecule has 2 aromatic rings.